The third-order valence-electron chi connectivity index (χ3n) is 6.12. The van der Waals surface area contributed by atoms with Crippen molar-refractivity contribution in [1.82, 2.24) is 14.3 Å². The van der Waals surface area contributed by atoms with Crippen LogP contribution in [0.15, 0.2) is 0 Å². The fourth-order valence-corrected chi connectivity index (χ4v) is 6.80. The first-order valence-corrected chi connectivity index (χ1v) is 17.7. The number of hydroxylamine groups is 1. The third kappa shape index (κ3) is 27.4. The van der Waals surface area contributed by atoms with E-state index in [9.17, 15) is 14.4 Å². The van der Waals surface area contributed by atoms with E-state index in [1.54, 1.807) is 0 Å². The van der Waals surface area contributed by atoms with E-state index in [-0.39, 0.29) is 6.04 Å². The van der Waals surface area contributed by atoms with Crippen LogP contribution in [0.5, 0.6) is 0 Å². The lowest BCUT2D eigenvalue weighted by Crippen LogP contribution is -2.46. The Morgan fingerprint density at radius 3 is 1.74 bits per heavy atom. The summed E-state index contributed by atoms with van der Waals surface area (Å²) in [5.74, 6) is 0.0700. The SMILES string of the molecule is NC(=O)C(CSSCC(C=O)NI)NCNOCCCCCCCCCCCCCCCCCCC(=O)O. The fraction of sp³-hybridized carbons (Fsp3) is 0.885. The van der Waals surface area contributed by atoms with Crippen molar-refractivity contribution in [3.63, 3.8) is 0 Å². The molecule has 6 N–H and O–H groups in total. The number of unbranched alkanes of at least 4 members (excludes halogenated alkanes) is 15. The third-order valence-corrected chi connectivity index (χ3v) is 9.37. The maximum absolute atomic E-state index is 11.6. The van der Waals surface area contributed by atoms with Crippen molar-refractivity contribution in [2.45, 2.75) is 121 Å². The molecule has 0 bridgehead atoms. The van der Waals surface area contributed by atoms with Crippen LogP contribution in [0.1, 0.15) is 109 Å². The molecule has 0 saturated heterocycles. The zero-order valence-corrected chi connectivity index (χ0v) is 26.7. The second-order valence-electron chi connectivity index (χ2n) is 9.55. The molecule has 2 atom stereocenters. The molecule has 0 aromatic carbocycles. The van der Waals surface area contributed by atoms with Crippen LogP contribution in [0, 0.1) is 0 Å². The molecule has 0 spiro atoms. The smallest absolute Gasteiger partial charge is 0.303 e. The van der Waals surface area contributed by atoms with E-state index in [1.807, 2.05) is 22.9 Å². The van der Waals surface area contributed by atoms with Gasteiger partial charge in [0.05, 0.1) is 25.4 Å². The average molecular weight is 691 g/mol. The molecule has 0 saturated carbocycles. The second-order valence-corrected chi connectivity index (χ2v) is 12.7. The summed E-state index contributed by atoms with van der Waals surface area (Å²) in [6, 6.07) is -0.658. The van der Waals surface area contributed by atoms with Crippen LogP contribution in [-0.2, 0) is 19.2 Å². The van der Waals surface area contributed by atoms with Gasteiger partial charge in [0.15, 0.2) is 0 Å². The molecule has 0 heterocycles. The predicted octanol–water partition coefficient (Wildman–Crippen LogP) is 5.51. The normalized spacial score (nSPS) is 12.9. The number of hydrogen-bond acceptors (Lipinski definition) is 9. The number of carbonyl (C=O) groups excluding carboxylic acids is 2. The highest BCUT2D eigenvalue weighted by molar-refractivity contribution is 14.1. The molecule has 0 aliphatic carbocycles. The summed E-state index contributed by atoms with van der Waals surface area (Å²) in [6.07, 6.45) is 20.8. The van der Waals surface area contributed by atoms with Gasteiger partial charge in [0.2, 0.25) is 5.91 Å². The summed E-state index contributed by atoms with van der Waals surface area (Å²) in [7, 11) is 3.04. The van der Waals surface area contributed by atoms with Gasteiger partial charge in [-0.1, -0.05) is 111 Å². The first kappa shape index (κ1) is 37.9. The summed E-state index contributed by atoms with van der Waals surface area (Å²) in [5, 5.41) is 11.7. The molecule has 0 fully saturated rings. The molecule has 0 aromatic heterocycles. The summed E-state index contributed by atoms with van der Waals surface area (Å²) in [6.45, 7) is 0.992. The topological polar surface area (TPSA) is 143 Å². The van der Waals surface area contributed by atoms with Crippen LogP contribution >= 0.6 is 44.5 Å². The number of rotatable bonds is 31. The van der Waals surface area contributed by atoms with Gasteiger partial charge in [-0.25, -0.2) is 3.53 Å². The van der Waals surface area contributed by atoms with Crippen molar-refractivity contribution in [2.75, 3.05) is 24.8 Å². The van der Waals surface area contributed by atoms with Gasteiger partial charge in [-0.15, -0.1) is 0 Å². The Hall–Kier alpha value is -0.120. The Balaban J connectivity index is 3.34. The van der Waals surface area contributed by atoms with Crippen LogP contribution < -0.4 is 20.1 Å². The monoisotopic (exact) mass is 690 g/mol. The van der Waals surface area contributed by atoms with Crippen molar-refractivity contribution < 1.29 is 24.3 Å². The minimum Gasteiger partial charge on any atom is -0.481 e. The number of carboxylic acids is 1. The number of hydrogen-bond donors (Lipinski definition) is 5. The van der Waals surface area contributed by atoms with E-state index in [4.69, 9.17) is 15.7 Å². The van der Waals surface area contributed by atoms with Crippen molar-refractivity contribution in [3.8, 4) is 0 Å². The largest absolute Gasteiger partial charge is 0.481 e. The molecular formula is C26H51IN4O5S2. The Morgan fingerprint density at radius 1 is 0.816 bits per heavy atom. The standard InChI is InChI=1S/C26H51IN4O5S2/c27-31-23(19-32)20-37-38-21-24(26(28)35)29-22-30-36-18-16-14-12-10-8-6-4-2-1-3-5-7-9-11-13-15-17-25(33)34/h19,23-24,29-31H,1-18,20-22H2,(H2,28,35)(H,33,34). The highest BCUT2D eigenvalue weighted by Crippen LogP contribution is 2.22. The van der Waals surface area contributed by atoms with Crippen molar-refractivity contribution >= 4 is 62.6 Å². The lowest BCUT2D eigenvalue weighted by molar-refractivity contribution is -0.137. The number of nitrogens with one attached hydrogen (secondary N) is 3. The number of nitrogens with two attached hydrogens (primary N) is 1. The number of carboxylic acid groups (broad SMARTS) is 1. The molecule has 224 valence electrons. The maximum atomic E-state index is 11.6. The van der Waals surface area contributed by atoms with Gasteiger partial charge in [0.25, 0.3) is 0 Å². The summed E-state index contributed by atoms with van der Waals surface area (Å²) >= 11 is 1.96. The van der Waals surface area contributed by atoms with Crippen molar-refractivity contribution in [1.29, 1.82) is 0 Å². The van der Waals surface area contributed by atoms with Crippen molar-refractivity contribution in [2.24, 2.45) is 5.73 Å². The molecule has 2 unspecified atom stereocenters. The quantitative estimate of drug-likeness (QED) is 0.0120. The number of aldehydes is 1. The van der Waals surface area contributed by atoms with Gasteiger partial charge in [-0.2, -0.15) is 5.48 Å². The predicted molar refractivity (Wildman–Crippen MR) is 168 cm³/mol. The number of amides is 1. The van der Waals surface area contributed by atoms with Crippen LogP contribution in [0.4, 0.5) is 0 Å². The van der Waals surface area contributed by atoms with Gasteiger partial charge in [-0.05, 0) is 12.8 Å². The van der Waals surface area contributed by atoms with Gasteiger partial charge in [0, 0.05) is 40.8 Å². The first-order chi connectivity index (χ1) is 18.5. The summed E-state index contributed by atoms with van der Waals surface area (Å²) < 4.78 is 2.88. The van der Waals surface area contributed by atoms with Gasteiger partial charge < -0.3 is 20.5 Å². The number of aliphatic carboxylic acids is 1. The Labute approximate surface area is 251 Å². The lowest BCUT2D eigenvalue weighted by Gasteiger charge is -2.15. The van der Waals surface area contributed by atoms with Gasteiger partial charge in [-0.3, -0.25) is 14.9 Å². The zero-order chi connectivity index (χ0) is 28.1. The minimum atomic E-state index is -0.676. The van der Waals surface area contributed by atoms with E-state index in [1.165, 1.54) is 98.6 Å². The van der Waals surface area contributed by atoms with Crippen LogP contribution in [0.2, 0.25) is 0 Å². The zero-order valence-electron chi connectivity index (χ0n) is 22.9. The first-order valence-electron chi connectivity index (χ1n) is 14.2. The molecular weight excluding hydrogens is 639 g/mol. The Bertz CT molecular complexity index is 582. The summed E-state index contributed by atoms with van der Waals surface area (Å²) in [5.41, 5.74) is 8.30. The lowest BCUT2D eigenvalue weighted by atomic mass is 10.0. The molecule has 1 amide bonds. The Morgan fingerprint density at radius 2 is 1.29 bits per heavy atom. The second kappa shape index (κ2) is 29.9. The van der Waals surface area contributed by atoms with Crippen molar-refractivity contribution in [3.05, 3.63) is 0 Å². The van der Waals surface area contributed by atoms with Gasteiger partial charge in [0.1, 0.15) is 6.29 Å². The van der Waals surface area contributed by atoms with Gasteiger partial charge >= 0.3 is 5.97 Å². The molecule has 12 heteroatoms. The van der Waals surface area contributed by atoms with E-state index < -0.39 is 17.9 Å². The number of primary amides is 1. The van der Waals surface area contributed by atoms with Crippen LogP contribution in [0.3, 0.4) is 0 Å². The molecule has 0 radical (unpaired) electrons. The molecule has 9 nitrogen and oxygen atoms in total. The molecule has 0 rings (SSSR count). The minimum absolute atomic E-state index is 0.199. The number of carbonyl (C=O) groups is 3. The fourth-order valence-electron chi connectivity index (χ4n) is 3.79. The highest BCUT2D eigenvalue weighted by Gasteiger charge is 2.15. The Kier molecular flexibility index (Phi) is 29.8. The number of halogens is 1. The van der Waals surface area contributed by atoms with Crippen LogP contribution in [0.25, 0.3) is 0 Å². The molecule has 0 aliphatic rings. The van der Waals surface area contributed by atoms with E-state index in [0.29, 0.717) is 31.2 Å². The average Bonchev–Trinajstić information content (AvgIpc) is 2.90. The van der Waals surface area contributed by atoms with E-state index in [2.05, 4.69) is 14.3 Å². The van der Waals surface area contributed by atoms with E-state index in [0.717, 1.165) is 32.0 Å². The van der Waals surface area contributed by atoms with Crippen LogP contribution in [-0.4, -0.2) is 60.1 Å². The summed E-state index contributed by atoms with van der Waals surface area (Å²) in [4.78, 5) is 38.3. The molecule has 0 aliphatic heterocycles. The highest BCUT2D eigenvalue weighted by atomic mass is 127. The molecule has 0 aromatic rings. The maximum Gasteiger partial charge on any atom is 0.303 e. The van der Waals surface area contributed by atoms with E-state index >= 15 is 0 Å². The molecule has 38 heavy (non-hydrogen) atoms.